The molecular formula is C42H48F3N5O11S. The van der Waals surface area contributed by atoms with E-state index in [1.54, 1.807) is 51.1 Å². The number of alkyl carbamates (subject to hydrolysis) is 1. The molecule has 16 nitrogen and oxygen atoms in total. The molecular weight excluding hydrogens is 840 g/mol. The van der Waals surface area contributed by atoms with Crippen LogP contribution < -0.4 is 29.6 Å². The van der Waals surface area contributed by atoms with Crippen molar-refractivity contribution >= 4 is 44.6 Å². The average molecular weight is 888 g/mol. The molecule has 3 N–H and O–H groups in total. The number of alkyl halides is 3. The third-order valence-corrected chi connectivity index (χ3v) is 12.6. The summed E-state index contributed by atoms with van der Waals surface area (Å²) in [5.41, 5.74) is -1.81. The third kappa shape index (κ3) is 10.5. The lowest BCUT2D eigenvalue weighted by Crippen LogP contribution is -2.59. The number of halogens is 3. The number of nitrogens with one attached hydrogen (secondary N) is 3. The first-order valence-electron chi connectivity index (χ1n) is 20.2. The predicted octanol–water partition coefficient (Wildman–Crippen LogP) is 4.90. The molecule has 3 aromatic rings. The van der Waals surface area contributed by atoms with Crippen molar-refractivity contribution in [2.75, 3.05) is 26.9 Å². The van der Waals surface area contributed by atoms with E-state index in [9.17, 15) is 40.8 Å². The number of allylic oxidation sites excluding steroid dienone is 1. The Morgan fingerprint density at radius 3 is 2.44 bits per heavy atom. The van der Waals surface area contributed by atoms with Gasteiger partial charge in [0.2, 0.25) is 27.7 Å². The van der Waals surface area contributed by atoms with Crippen LogP contribution in [0.4, 0.5) is 18.0 Å². The molecule has 0 bridgehead atoms. The number of methoxy groups -OCH3 is 1. The number of rotatable bonds is 9. The molecule has 2 aliphatic carbocycles. The molecule has 7 rings (SSSR count). The number of pyridine rings is 1. The van der Waals surface area contributed by atoms with Crippen molar-refractivity contribution in [1.82, 2.24) is 25.2 Å². The van der Waals surface area contributed by atoms with Crippen LogP contribution >= 0.6 is 0 Å². The maximum absolute atomic E-state index is 14.6. The van der Waals surface area contributed by atoms with Crippen molar-refractivity contribution < 1.29 is 64.5 Å². The summed E-state index contributed by atoms with van der Waals surface area (Å²) in [7, 11) is -2.50. The van der Waals surface area contributed by atoms with Gasteiger partial charge in [-0.2, -0.15) is 0 Å². The van der Waals surface area contributed by atoms with Crippen molar-refractivity contribution in [1.29, 1.82) is 0 Å². The van der Waals surface area contributed by atoms with Gasteiger partial charge in [-0.15, -0.1) is 13.2 Å². The maximum Gasteiger partial charge on any atom is 0.573 e. The highest BCUT2D eigenvalue weighted by molar-refractivity contribution is 7.91. The molecule has 2 unspecified atom stereocenters. The molecule has 1 saturated heterocycles. The van der Waals surface area contributed by atoms with Crippen molar-refractivity contribution in [2.24, 2.45) is 5.92 Å². The molecule has 1 aromatic heterocycles. The monoisotopic (exact) mass is 887 g/mol. The van der Waals surface area contributed by atoms with Crippen LogP contribution in [0.5, 0.6) is 17.4 Å². The Balaban J connectivity index is 1.23. The molecule has 0 radical (unpaired) electrons. The first kappa shape index (κ1) is 44.4. The van der Waals surface area contributed by atoms with E-state index in [2.05, 4.69) is 20.1 Å². The van der Waals surface area contributed by atoms with Gasteiger partial charge < -0.3 is 39.2 Å². The highest BCUT2D eigenvalue weighted by Crippen LogP contribution is 2.46. The van der Waals surface area contributed by atoms with Gasteiger partial charge >= 0.3 is 12.5 Å². The molecule has 4 amide bonds. The van der Waals surface area contributed by atoms with Crippen molar-refractivity contribution in [2.45, 2.75) is 100 Å². The Hall–Kier alpha value is -5.63. The number of nitrogens with zero attached hydrogens (tertiary/aromatic N) is 2. The van der Waals surface area contributed by atoms with Gasteiger partial charge in [0.05, 0.1) is 31.2 Å². The number of amides is 4. The second-order valence-electron chi connectivity index (χ2n) is 16.7. The highest BCUT2D eigenvalue weighted by Gasteiger charge is 2.62. The maximum atomic E-state index is 14.6. The Morgan fingerprint density at radius 1 is 1.03 bits per heavy atom. The minimum atomic E-state index is -4.89. The van der Waals surface area contributed by atoms with E-state index >= 15 is 0 Å². The van der Waals surface area contributed by atoms with Gasteiger partial charge in [-0.3, -0.25) is 19.1 Å². The second-order valence-corrected chi connectivity index (χ2v) is 18.7. The lowest BCUT2D eigenvalue weighted by molar-refractivity contribution is -0.274. The summed E-state index contributed by atoms with van der Waals surface area (Å²) in [4.78, 5) is 61.9. The third-order valence-electron chi connectivity index (χ3n) is 10.8. The van der Waals surface area contributed by atoms with E-state index in [1.807, 2.05) is 6.08 Å². The number of ether oxygens (including phenoxy) is 5. The molecule has 2 saturated carbocycles. The number of fused-ring (bicyclic) bond motifs is 3. The number of carbonyl (C=O) groups excluding carboxylic acids is 4. The van der Waals surface area contributed by atoms with Crippen LogP contribution in [0.15, 0.2) is 60.7 Å². The summed E-state index contributed by atoms with van der Waals surface area (Å²) >= 11 is 0. The molecule has 334 valence electrons. The molecule has 4 aliphatic rings. The van der Waals surface area contributed by atoms with Crippen molar-refractivity contribution in [3.05, 3.63) is 60.7 Å². The molecule has 3 heterocycles. The zero-order valence-electron chi connectivity index (χ0n) is 34.5. The minimum Gasteiger partial charge on any atom is -0.497 e. The zero-order chi connectivity index (χ0) is 44.6. The number of sulfonamides is 1. The first-order chi connectivity index (χ1) is 29.2. The van der Waals surface area contributed by atoms with Gasteiger partial charge in [0.15, 0.2) is 0 Å². The van der Waals surface area contributed by atoms with E-state index < -0.39 is 86.4 Å². The Labute approximate surface area is 355 Å². The molecule has 20 heteroatoms. The van der Waals surface area contributed by atoms with Crippen molar-refractivity contribution in [3.63, 3.8) is 0 Å². The van der Waals surface area contributed by atoms with Crippen LogP contribution in [0.1, 0.15) is 59.3 Å². The van der Waals surface area contributed by atoms with E-state index in [1.165, 1.54) is 24.1 Å². The van der Waals surface area contributed by atoms with Gasteiger partial charge in [0.1, 0.15) is 40.8 Å². The fourth-order valence-electron chi connectivity index (χ4n) is 7.49. The van der Waals surface area contributed by atoms with E-state index in [-0.39, 0.29) is 38.5 Å². The molecule has 3 fully saturated rings. The van der Waals surface area contributed by atoms with Gasteiger partial charge in [-0.05, 0) is 107 Å². The lowest BCUT2D eigenvalue weighted by atomic mass is 10.1. The molecule has 0 spiro atoms. The number of carbonyl (C=O) groups is 4. The smallest absolute Gasteiger partial charge is 0.497 e. The summed E-state index contributed by atoms with van der Waals surface area (Å²) in [6.07, 6.45) is -1.31. The summed E-state index contributed by atoms with van der Waals surface area (Å²) < 4.78 is 94.0. The van der Waals surface area contributed by atoms with Crippen LogP contribution in [0, 0.1) is 5.92 Å². The number of hydrogen-bond acceptors (Lipinski definition) is 12. The molecule has 2 aromatic carbocycles. The summed E-state index contributed by atoms with van der Waals surface area (Å²) in [6.45, 7) is 4.69. The number of aromatic nitrogens is 1. The van der Waals surface area contributed by atoms with Crippen LogP contribution in [0.2, 0.25) is 0 Å². The number of benzene rings is 2. The normalized spacial score (nSPS) is 24.7. The largest absolute Gasteiger partial charge is 0.573 e. The molecule has 62 heavy (non-hydrogen) atoms. The lowest BCUT2D eigenvalue weighted by Gasteiger charge is -2.30. The first-order valence-corrected chi connectivity index (χ1v) is 21.7. The SMILES string of the molecule is COc1ccc2c(OC3C[C@H]4C(=O)N[C@]5(C(=O)NS(=O)(=O)C6CC6)CC5C=CCCCOC[C@H](NC(=O)OC(C)(C)C)C(=O)N4C3)nc(-c3ccc(OC(F)(F)F)cc3)cc2c1. The summed E-state index contributed by atoms with van der Waals surface area (Å²) in [5, 5.41) is 5.78. The Kier molecular flexibility index (Phi) is 12.4. The quantitative estimate of drug-likeness (QED) is 0.246. The Morgan fingerprint density at radius 2 is 1.76 bits per heavy atom. The van der Waals surface area contributed by atoms with Crippen LogP contribution in [0.3, 0.4) is 0 Å². The van der Waals surface area contributed by atoms with Gasteiger partial charge in [-0.1, -0.05) is 12.2 Å². The summed E-state index contributed by atoms with van der Waals surface area (Å²) in [5.74, 6) is -2.77. The van der Waals surface area contributed by atoms with Crippen LogP contribution in [-0.2, 0) is 33.9 Å². The minimum absolute atomic E-state index is 0.0663. The fraction of sp³-hybridized carbons (Fsp3) is 0.500. The van der Waals surface area contributed by atoms with Gasteiger partial charge in [-0.25, -0.2) is 18.2 Å². The van der Waals surface area contributed by atoms with E-state index in [0.29, 0.717) is 53.5 Å². The van der Waals surface area contributed by atoms with Gasteiger partial charge in [0, 0.05) is 29.9 Å². The van der Waals surface area contributed by atoms with Crippen LogP contribution in [0.25, 0.3) is 22.0 Å². The molecule has 5 atom stereocenters. The standard InChI is InChI=1S/C42H48F3N5O11S/c1-40(2,3)61-39(54)47-33-23-58-17-7-5-6-8-26-21-41(26,38(53)49-62(55,56)30-14-15-30)48-35(51)34-20-29(22-50(34)37(33)52)59-36-31-16-13-28(57-4)18-25(31)19-32(46-36)24-9-11-27(12-10-24)60-42(43,44)45/h6,8-13,16,18-19,26,29-30,33-34H,5,7,14-15,17,20-23H2,1-4H3,(H,47,54)(H,48,51)(H,49,53)/t26?,29?,33-,34-,41+/m0/s1. The summed E-state index contributed by atoms with van der Waals surface area (Å²) in [6, 6.07) is 9.25. The fourth-order valence-corrected chi connectivity index (χ4v) is 8.85. The zero-order valence-corrected chi connectivity index (χ0v) is 35.3. The highest BCUT2D eigenvalue weighted by atomic mass is 32.2. The number of hydrogen-bond donors (Lipinski definition) is 3. The Bertz CT molecular complexity index is 2350. The van der Waals surface area contributed by atoms with E-state index in [0.717, 1.165) is 12.1 Å². The molecule has 2 aliphatic heterocycles. The van der Waals surface area contributed by atoms with E-state index in [4.69, 9.17) is 23.9 Å². The van der Waals surface area contributed by atoms with Crippen LogP contribution in [-0.4, -0.2) is 110 Å². The van der Waals surface area contributed by atoms with Gasteiger partial charge in [0.25, 0.3) is 5.91 Å². The predicted molar refractivity (Wildman–Crippen MR) is 216 cm³/mol. The topological polar surface area (TPSA) is 201 Å². The second kappa shape index (κ2) is 17.3. The average Bonchev–Trinajstić information content (AvgIpc) is 4.12. The van der Waals surface area contributed by atoms with Crippen molar-refractivity contribution in [3.8, 4) is 28.6 Å².